The molecule has 0 aliphatic heterocycles. The number of hydrogen-bond donors (Lipinski definition) is 3. The lowest BCUT2D eigenvalue weighted by atomic mass is 9.99. The van der Waals surface area contributed by atoms with E-state index in [2.05, 4.69) is 37.2 Å². The van der Waals surface area contributed by atoms with Crippen LogP contribution in [0.5, 0.6) is 11.5 Å². The van der Waals surface area contributed by atoms with Crippen molar-refractivity contribution in [1.82, 2.24) is 0 Å². The molecule has 0 aliphatic carbocycles. The van der Waals surface area contributed by atoms with Gasteiger partial charge in [-0.3, -0.25) is 5.32 Å². The van der Waals surface area contributed by atoms with Crippen LogP contribution >= 0.6 is 31.9 Å². The summed E-state index contributed by atoms with van der Waals surface area (Å²) in [7, 11) is 0. The van der Waals surface area contributed by atoms with Crippen LogP contribution in [0, 0.1) is 11.3 Å². The fourth-order valence-electron chi connectivity index (χ4n) is 3.42. The zero-order valence-electron chi connectivity index (χ0n) is 19.3. The maximum atomic E-state index is 13.0. The van der Waals surface area contributed by atoms with E-state index in [-0.39, 0.29) is 17.7 Å². The van der Waals surface area contributed by atoms with Crippen molar-refractivity contribution in [3.05, 3.63) is 99.0 Å². The Bertz CT molecular complexity index is 1310. The van der Waals surface area contributed by atoms with Gasteiger partial charge in [0.15, 0.2) is 6.10 Å². The first-order valence-corrected chi connectivity index (χ1v) is 12.6. The molecule has 0 radical (unpaired) electrons. The normalized spacial score (nSPS) is 12.4. The number of carbonyl (C=O) groups excluding carboxylic acids is 1. The minimum absolute atomic E-state index is 0.137. The van der Waals surface area contributed by atoms with Crippen molar-refractivity contribution in [1.29, 1.82) is 5.26 Å². The van der Waals surface area contributed by atoms with Crippen LogP contribution in [0.25, 0.3) is 0 Å². The molecule has 1 amide bonds. The van der Waals surface area contributed by atoms with Gasteiger partial charge in [-0.2, -0.15) is 5.26 Å². The van der Waals surface area contributed by atoms with Crippen LogP contribution < -0.4 is 10.1 Å². The third kappa shape index (κ3) is 8.37. The number of nitriles is 1. The molecule has 3 aromatic carbocycles. The van der Waals surface area contributed by atoms with Crippen molar-refractivity contribution in [2.75, 3.05) is 5.32 Å². The zero-order chi connectivity index (χ0) is 26.8. The smallest absolute Gasteiger partial charge is 0.412 e. The van der Waals surface area contributed by atoms with E-state index in [1.165, 1.54) is 6.08 Å². The molecule has 0 aromatic heterocycles. The molecule has 2 atom stereocenters. The highest BCUT2D eigenvalue weighted by molar-refractivity contribution is 9.11. The van der Waals surface area contributed by atoms with Crippen LogP contribution in [0.4, 0.5) is 10.5 Å². The largest absolute Gasteiger partial charge is 0.506 e. The summed E-state index contributed by atoms with van der Waals surface area (Å²) in [6.07, 6.45) is 0.362. The number of allylic oxidation sites excluding steroid dienone is 1. The number of benzene rings is 3. The number of carbonyl (C=O) groups is 2. The van der Waals surface area contributed by atoms with E-state index in [4.69, 9.17) is 19.8 Å². The van der Waals surface area contributed by atoms with E-state index in [1.807, 2.05) is 12.1 Å². The Morgan fingerprint density at radius 2 is 1.78 bits per heavy atom. The van der Waals surface area contributed by atoms with Crippen molar-refractivity contribution in [2.24, 2.45) is 0 Å². The van der Waals surface area contributed by atoms with Gasteiger partial charge in [0, 0.05) is 21.8 Å². The SMILES string of the molecule is N#Cc1ccc(NC(=O)O[C@H](c2cc(Br)cc(Br)c2O)[C@@H](CC/C=C/C(=O)O)Oc2ccccc2)cc1. The second-order valence-corrected chi connectivity index (χ2v) is 9.52. The molecule has 190 valence electrons. The van der Waals surface area contributed by atoms with Gasteiger partial charge in [-0.1, -0.05) is 40.2 Å². The Labute approximate surface area is 230 Å². The molecule has 0 fully saturated rings. The van der Waals surface area contributed by atoms with Crippen LogP contribution in [0.1, 0.15) is 30.1 Å². The van der Waals surface area contributed by atoms with Gasteiger partial charge in [-0.25, -0.2) is 9.59 Å². The van der Waals surface area contributed by atoms with Gasteiger partial charge in [-0.15, -0.1) is 0 Å². The molecule has 0 saturated heterocycles. The number of anilines is 1. The molecule has 3 rings (SSSR count). The van der Waals surface area contributed by atoms with Crippen molar-refractivity contribution in [3.63, 3.8) is 0 Å². The molecule has 0 heterocycles. The lowest BCUT2D eigenvalue weighted by molar-refractivity contribution is -0.131. The van der Waals surface area contributed by atoms with Gasteiger partial charge in [0.05, 0.1) is 16.1 Å². The summed E-state index contributed by atoms with van der Waals surface area (Å²) in [4.78, 5) is 23.9. The lowest BCUT2D eigenvalue weighted by Gasteiger charge is -2.29. The lowest BCUT2D eigenvalue weighted by Crippen LogP contribution is -2.31. The number of nitrogens with one attached hydrogen (secondary N) is 1. The first-order valence-electron chi connectivity index (χ1n) is 11.0. The molecule has 0 spiro atoms. The first kappa shape index (κ1) is 27.8. The highest BCUT2D eigenvalue weighted by Crippen LogP contribution is 2.40. The monoisotopic (exact) mass is 628 g/mol. The van der Waals surface area contributed by atoms with Gasteiger partial charge in [-0.05, 0) is 77.3 Å². The minimum atomic E-state index is -1.09. The number of para-hydroxylation sites is 1. The van der Waals surface area contributed by atoms with Crippen LogP contribution in [-0.2, 0) is 9.53 Å². The molecular formula is C27H22Br2N2O6. The number of phenols is 1. The van der Waals surface area contributed by atoms with Crippen molar-refractivity contribution in [2.45, 2.75) is 25.0 Å². The van der Waals surface area contributed by atoms with Gasteiger partial charge in [0.2, 0.25) is 0 Å². The topological polar surface area (TPSA) is 129 Å². The van der Waals surface area contributed by atoms with E-state index < -0.39 is 24.3 Å². The fraction of sp³-hybridized carbons (Fsp3) is 0.148. The van der Waals surface area contributed by atoms with Crippen molar-refractivity contribution < 1.29 is 29.3 Å². The van der Waals surface area contributed by atoms with Crippen LogP contribution in [0.2, 0.25) is 0 Å². The molecule has 37 heavy (non-hydrogen) atoms. The van der Waals surface area contributed by atoms with E-state index in [1.54, 1.807) is 60.7 Å². The Balaban J connectivity index is 1.96. The molecule has 3 aromatic rings. The number of aliphatic carboxylic acids is 1. The summed E-state index contributed by atoms with van der Waals surface area (Å²) in [5.41, 5.74) is 1.12. The molecule has 3 N–H and O–H groups in total. The average Bonchev–Trinajstić information content (AvgIpc) is 2.87. The summed E-state index contributed by atoms with van der Waals surface area (Å²) in [6, 6.07) is 20.4. The summed E-state index contributed by atoms with van der Waals surface area (Å²) in [5, 5.41) is 31.4. The predicted molar refractivity (Wildman–Crippen MR) is 144 cm³/mol. The number of rotatable bonds is 10. The molecule has 0 saturated carbocycles. The summed E-state index contributed by atoms with van der Waals surface area (Å²) >= 11 is 6.72. The number of halogens is 2. The molecule has 8 nitrogen and oxygen atoms in total. The average molecular weight is 630 g/mol. The maximum Gasteiger partial charge on any atom is 0.412 e. The van der Waals surface area contributed by atoms with Gasteiger partial charge < -0.3 is 19.7 Å². The number of carboxylic acids is 1. The highest BCUT2D eigenvalue weighted by Gasteiger charge is 2.32. The highest BCUT2D eigenvalue weighted by atomic mass is 79.9. The quantitative estimate of drug-likeness (QED) is 0.207. The van der Waals surface area contributed by atoms with Gasteiger partial charge >= 0.3 is 12.1 Å². The summed E-state index contributed by atoms with van der Waals surface area (Å²) in [6.45, 7) is 0. The summed E-state index contributed by atoms with van der Waals surface area (Å²) < 4.78 is 13.0. The number of nitrogens with zero attached hydrogens (tertiary/aromatic N) is 1. The van der Waals surface area contributed by atoms with E-state index in [0.717, 1.165) is 6.08 Å². The second-order valence-electron chi connectivity index (χ2n) is 7.75. The van der Waals surface area contributed by atoms with E-state index >= 15 is 0 Å². The zero-order valence-corrected chi connectivity index (χ0v) is 22.5. The number of aromatic hydroxyl groups is 1. The Morgan fingerprint density at radius 1 is 1.08 bits per heavy atom. The van der Waals surface area contributed by atoms with Crippen molar-refractivity contribution >= 4 is 49.6 Å². The molecule has 0 bridgehead atoms. The first-order chi connectivity index (χ1) is 17.8. The number of amides is 1. The number of ether oxygens (including phenoxy) is 2. The van der Waals surface area contributed by atoms with Crippen molar-refractivity contribution in [3.8, 4) is 17.6 Å². The third-order valence-corrected chi connectivity index (χ3v) is 6.17. The summed E-state index contributed by atoms with van der Waals surface area (Å²) in [5.74, 6) is -0.713. The van der Waals surface area contributed by atoms with E-state index in [0.29, 0.717) is 32.4 Å². The standard InChI is InChI=1S/C27H22Br2N2O6/c28-18-14-21(25(34)22(29)15-18)26(37-27(35)31-19-12-10-17(16-30)11-13-19)23(8-4-5-9-24(32)33)36-20-6-2-1-3-7-20/h1-3,5-7,9-15,23,26,34H,4,8H2,(H,31,35)(H,32,33)/b9-5+/t23-,26-/m1/s1. The molecule has 0 aliphatic rings. The third-order valence-electron chi connectivity index (χ3n) is 5.11. The Kier molecular flexibility index (Phi) is 10.1. The molecule has 10 heteroatoms. The van der Waals surface area contributed by atoms with Crippen LogP contribution in [0.15, 0.2) is 87.8 Å². The number of hydrogen-bond acceptors (Lipinski definition) is 6. The molecule has 0 unspecified atom stereocenters. The van der Waals surface area contributed by atoms with Gasteiger partial charge in [0.25, 0.3) is 0 Å². The Morgan fingerprint density at radius 3 is 2.43 bits per heavy atom. The van der Waals surface area contributed by atoms with Crippen LogP contribution in [-0.4, -0.2) is 28.4 Å². The maximum absolute atomic E-state index is 13.0. The van der Waals surface area contributed by atoms with Gasteiger partial charge in [0.1, 0.15) is 17.6 Å². The Hall–Kier alpha value is -3.81. The van der Waals surface area contributed by atoms with E-state index in [9.17, 15) is 14.7 Å². The second kappa shape index (κ2) is 13.5. The fourth-order valence-corrected chi connectivity index (χ4v) is 4.68. The predicted octanol–water partition coefficient (Wildman–Crippen LogP) is 6.95. The number of carboxylic acid groups (broad SMARTS) is 1. The molecular weight excluding hydrogens is 608 g/mol. The minimum Gasteiger partial charge on any atom is -0.506 e. The number of phenolic OH excluding ortho intramolecular Hbond substituents is 1. The van der Waals surface area contributed by atoms with Crippen LogP contribution in [0.3, 0.4) is 0 Å².